The highest BCUT2D eigenvalue weighted by Crippen LogP contribution is 2.58. The van der Waals surface area contributed by atoms with Crippen LogP contribution >= 0.6 is 11.6 Å². The second-order valence-electron chi connectivity index (χ2n) is 6.61. The Labute approximate surface area is 131 Å². The lowest BCUT2D eigenvalue weighted by Gasteiger charge is -2.23. The Balaban J connectivity index is 1.51. The van der Waals surface area contributed by atoms with Gasteiger partial charge in [0.15, 0.2) is 0 Å². The molecule has 1 saturated heterocycles. The summed E-state index contributed by atoms with van der Waals surface area (Å²) in [7, 11) is 0. The molecular weight excluding hydrogens is 284 g/mol. The molecule has 21 heavy (non-hydrogen) atoms. The van der Waals surface area contributed by atoms with Crippen molar-refractivity contribution in [3.05, 3.63) is 34.9 Å². The predicted molar refractivity (Wildman–Crippen MR) is 85.4 cm³/mol. The van der Waals surface area contributed by atoms with E-state index in [4.69, 9.17) is 11.6 Å². The van der Waals surface area contributed by atoms with Crippen LogP contribution in [-0.2, 0) is 11.2 Å². The standard InChI is InChI=1S/C17H23ClN2O/c1-12(9-13-3-2-4-14(18)10-13)20-16(21)15-11-17(15)5-7-19-8-6-17/h2-4,10,12,15,19H,5-9,11H2,1H3,(H,20,21). The van der Waals surface area contributed by atoms with Gasteiger partial charge in [0, 0.05) is 17.0 Å². The topological polar surface area (TPSA) is 41.1 Å². The van der Waals surface area contributed by atoms with E-state index in [9.17, 15) is 4.79 Å². The summed E-state index contributed by atoms with van der Waals surface area (Å²) < 4.78 is 0. The molecule has 1 amide bonds. The predicted octanol–water partition coefficient (Wildman–Crippen LogP) is 2.78. The lowest BCUT2D eigenvalue weighted by atomic mass is 9.91. The molecule has 4 heteroatoms. The summed E-state index contributed by atoms with van der Waals surface area (Å²) in [5.74, 6) is 0.479. The zero-order chi connectivity index (χ0) is 14.9. The third-order valence-electron chi connectivity index (χ3n) is 4.93. The van der Waals surface area contributed by atoms with Crippen molar-refractivity contribution in [3.8, 4) is 0 Å². The summed E-state index contributed by atoms with van der Waals surface area (Å²) in [4.78, 5) is 12.4. The molecule has 1 spiro atoms. The van der Waals surface area contributed by atoms with Crippen LogP contribution in [0.3, 0.4) is 0 Å². The highest BCUT2D eigenvalue weighted by Gasteiger charge is 2.57. The minimum absolute atomic E-state index is 0.148. The maximum Gasteiger partial charge on any atom is 0.223 e. The second kappa shape index (κ2) is 5.98. The molecular formula is C17H23ClN2O. The first-order valence-corrected chi connectivity index (χ1v) is 8.22. The van der Waals surface area contributed by atoms with Crippen molar-refractivity contribution in [2.75, 3.05) is 13.1 Å². The highest BCUT2D eigenvalue weighted by molar-refractivity contribution is 6.30. The third-order valence-corrected chi connectivity index (χ3v) is 5.16. The van der Waals surface area contributed by atoms with Gasteiger partial charge in [-0.1, -0.05) is 23.7 Å². The average molecular weight is 307 g/mol. The van der Waals surface area contributed by atoms with Crippen LogP contribution in [0.15, 0.2) is 24.3 Å². The van der Waals surface area contributed by atoms with Crippen LogP contribution in [0.1, 0.15) is 31.7 Å². The molecule has 2 fully saturated rings. The van der Waals surface area contributed by atoms with E-state index in [2.05, 4.69) is 23.6 Å². The summed E-state index contributed by atoms with van der Waals surface area (Å²) in [5.41, 5.74) is 1.48. The molecule has 1 aliphatic heterocycles. The molecule has 1 heterocycles. The van der Waals surface area contributed by atoms with E-state index in [1.54, 1.807) is 0 Å². The number of nitrogens with one attached hydrogen (secondary N) is 2. The fraction of sp³-hybridized carbons (Fsp3) is 0.588. The summed E-state index contributed by atoms with van der Waals surface area (Å²) >= 11 is 6.00. The summed E-state index contributed by atoms with van der Waals surface area (Å²) in [6.45, 7) is 4.18. The Morgan fingerprint density at radius 3 is 2.95 bits per heavy atom. The molecule has 3 rings (SSSR count). The van der Waals surface area contributed by atoms with Crippen molar-refractivity contribution in [2.45, 2.75) is 38.6 Å². The molecule has 1 aromatic rings. The van der Waals surface area contributed by atoms with Gasteiger partial charge in [-0.2, -0.15) is 0 Å². The zero-order valence-electron chi connectivity index (χ0n) is 12.5. The van der Waals surface area contributed by atoms with Crippen molar-refractivity contribution in [2.24, 2.45) is 11.3 Å². The Morgan fingerprint density at radius 1 is 1.48 bits per heavy atom. The molecule has 2 N–H and O–H groups in total. The molecule has 2 unspecified atom stereocenters. The summed E-state index contributed by atoms with van der Waals surface area (Å²) in [6, 6.07) is 8.00. The van der Waals surface area contributed by atoms with Crippen molar-refractivity contribution >= 4 is 17.5 Å². The van der Waals surface area contributed by atoms with Crippen molar-refractivity contribution in [1.82, 2.24) is 10.6 Å². The van der Waals surface area contributed by atoms with E-state index >= 15 is 0 Å². The number of benzene rings is 1. The van der Waals surface area contributed by atoms with E-state index in [1.165, 1.54) is 5.56 Å². The van der Waals surface area contributed by atoms with Gasteiger partial charge in [-0.05, 0) is 68.8 Å². The molecule has 0 radical (unpaired) electrons. The van der Waals surface area contributed by atoms with Gasteiger partial charge in [0.1, 0.15) is 0 Å². The maximum absolute atomic E-state index is 12.4. The number of carbonyl (C=O) groups excluding carboxylic acids is 1. The Morgan fingerprint density at radius 2 is 2.24 bits per heavy atom. The van der Waals surface area contributed by atoms with Gasteiger partial charge in [0.25, 0.3) is 0 Å². The number of carbonyl (C=O) groups is 1. The van der Waals surface area contributed by atoms with Crippen molar-refractivity contribution < 1.29 is 4.79 Å². The molecule has 0 bridgehead atoms. The van der Waals surface area contributed by atoms with Gasteiger partial charge in [-0.15, -0.1) is 0 Å². The first-order chi connectivity index (χ1) is 10.1. The Bertz CT molecular complexity index is 525. The lowest BCUT2D eigenvalue weighted by Crippen LogP contribution is -2.38. The number of hydrogen-bond donors (Lipinski definition) is 2. The van der Waals surface area contributed by atoms with Crippen LogP contribution in [0.25, 0.3) is 0 Å². The quantitative estimate of drug-likeness (QED) is 0.898. The lowest BCUT2D eigenvalue weighted by molar-refractivity contribution is -0.123. The molecule has 2 aliphatic rings. The molecule has 2 atom stereocenters. The fourth-order valence-electron chi connectivity index (χ4n) is 3.61. The molecule has 1 aliphatic carbocycles. The SMILES string of the molecule is CC(Cc1cccc(Cl)c1)NC(=O)C1CC12CCNCC2. The molecule has 114 valence electrons. The van der Waals surface area contributed by atoms with Gasteiger partial charge >= 0.3 is 0 Å². The Hall–Kier alpha value is -1.06. The van der Waals surface area contributed by atoms with Gasteiger partial charge in [-0.25, -0.2) is 0 Å². The second-order valence-corrected chi connectivity index (χ2v) is 7.05. The van der Waals surface area contributed by atoms with Crippen molar-refractivity contribution in [1.29, 1.82) is 0 Å². The van der Waals surface area contributed by atoms with Crippen LogP contribution in [0, 0.1) is 11.3 Å². The minimum Gasteiger partial charge on any atom is -0.353 e. The monoisotopic (exact) mass is 306 g/mol. The minimum atomic E-state index is 0.148. The number of amides is 1. The van der Waals surface area contributed by atoms with Crippen LogP contribution in [0.4, 0.5) is 0 Å². The molecule has 1 aromatic carbocycles. The molecule has 3 nitrogen and oxygen atoms in total. The molecule has 0 aromatic heterocycles. The van der Waals surface area contributed by atoms with Crippen molar-refractivity contribution in [3.63, 3.8) is 0 Å². The van der Waals surface area contributed by atoms with Gasteiger partial charge in [0.2, 0.25) is 5.91 Å². The normalized spacial score (nSPS) is 24.6. The van der Waals surface area contributed by atoms with Crippen LogP contribution in [-0.4, -0.2) is 25.0 Å². The zero-order valence-corrected chi connectivity index (χ0v) is 13.2. The van der Waals surface area contributed by atoms with Gasteiger partial charge < -0.3 is 10.6 Å². The number of hydrogen-bond acceptors (Lipinski definition) is 2. The van der Waals surface area contributed by atoms with E-state index in [0.29, 0.717) is 5.41 Å². The summed E-state index contributed by atoms with van der Waals surface area (Å²) in [6.07, 6.45) is 4.19. The fourth-order valence-corrected chi connectivity index (χ4v) is 3.82. The van der Waals surface area contributed by atoms with E-state index < -0.39 is 0 Å². The Kier molecular flexibility index (Phi) is 4.23. The van der Waals surface area contributed by atoms with Crippen LogP contribution in [0.5, 0.6) is 0 Å². The highest BCUT2D eigenvalue weighted by atomic mass is 35.5. The number of piperidine rings is 1. The van der Waals surface area contributed by atoms with Crippen LogP contribution in [0.2, 0.25) is 5.02 Å². The van der Waals surface area contributed by atoms with Gasteiger partial charge in [0.05, 0.1) is 0 Å². The first kappa shape index (κ1) is 14.9. The van der Waals surface area contributed by atoms with Crippen LogP contribution < -0.4 is 10.6 Å². The van der Waals surface area contributed by atoms with E-state index in [0.717, 1.165) is 43.8 Å². The van der Waals surface area contributed by atoms with E-state index in [1.807, 2.05) is 18.2 Å². The number of halogens is 1. The van der Waals surface area contributed by atoms with E-state index in [-0.39, 0.29) is 17.9 Å². The third kappa shape index (κ3) is 3.41. The smallest absolute Gasteiger partial charge is 0.223 e. The first-order valence-electron chi connectivity index (χ1n) is 7.85. The molecule has 1 saturated carbocycles. The van der Waals surface area contributed by atoms with Gasteiger partial charge in [-0.3, -0.25) is 4.79 Å². The maximum atomic E-state index is 12.4. The average Bonchev–Trinajstić information content (AvgIpc) is 3.13. The number of rotatable bonds is 4. The largest absolute Gasteiger partial charge is 0.353 e. The summed E-state index contributed by atoms with van der Waals surface area (Å²) in [5, 5.41) is 7.31.